The monoisotopic (exact) mass is 326 g/mol. The second-order valence-corrected chi connectivity index (χ2v) is 5.17. The van der Waals surface area contributed by atoms with Crippen LogP contribution in [0.1, 0.15) is 27.7 Å². The molecule has 1 aliphatic rings. The number of methoxy groups -OCH3 is 1. The Hall–Kier alpha value is -3.19. The lowest BCUT2D eigenvalue weighted by Crippen LogP contribution is -2.32. The zero-order valence-corrected chi connectivity index (χ0v) is 12.7. The molecule has 1 amide bonds. The van der Waals surface area contributed by atoms with Crippen LogP contribution in [0, 0.1) is 10.1 Å². The van der Waals surface area contributed by atoms with Crippen LogP contribution >= 0.6 is 0 Å². The smallest absolute Gasteiger partial charge is 0.277 e. The van der Waals surface area contributed by atoms with Gasteiger partial charge >= 0.3 is 0 Å². The summed E-state index contributed by atoms with van der Waals surface area (Å²) in [4.78, 5) is 24.3. The van der Waals surface area contributed by atoms with E-state index < -0.39 is 17.1 Å². The molecule has 0 saturated carbocycles. The van der Waals surface area contributed by atoms with Crippen molar-refractivity contribution in [1.29, 1.82) is 0 Å². The van der Waals surface area contributed by atoms with Crippen LogP contribution in [-0.4, -0.2) is 27.9 Å². The van der Waals surface area contributed by atoms with Gasteiger partial charge in [-0.15, -0.1) is 0 Å². The zero-order valence-electron chi connectivity index (χ0n) is 12.7. The van der Waals surface area contributed by atoms with Gasteiger partial charge in [0, 0.05) is 23.4 Å². The Morgan fingerprint density at radius 3 is 2.58 bits per heavy atom. The summed E-state index contributed by atoms with van der Waals surface area (Å²) in [6.45, 7) is 0. The van der Waals surface area contributed by atoms with Crippen molar-refractivity contribution in [2.45, 2.75) is 6.23 Å². The fourth-order valence-electron chi connectivity index (χ4n) is 2.58. The van der Waals surface area contributed by atoms with E-state index in [1.807, 2.05) is 0 Å². The van der Waals surface area contributed by atoms with E-state index >= 15 is 0 Å². The van der Waals surface area contributed by atoms with Gasteiger partial charge in [0.2, 0.25) is 0 Å². The normalized spacial score (nSPS) is 15.8. The third kappa shape index (κ3) is 2.61. The number of nitro benzene ring substituents is 1. The number of benzene rings is 2. The largest absolute Gasteiger partial charge is 0.497 e. The second-order valence-electron chi connectivity index (χ2n) is 5.17. The molecule has 0 spiro atoms. The summed E-state index contributed by atoms with van der Waals surface area (Å²) in [6.07, 6.45) is 1.52. The molecule has 0 saturated heterocycles. The number of amides is 1. The Morgan fingerprint density at radius 1 is 1.25 bits per heavy atom. The maximum Gasteiger partial charge on any atom is 0.277 e. The summed E-state index contributed by atoms with van der Waals surface area (Å²) in [6, 6.07) is 10.9. The van der Waals surface area contributed by atoms with Gasteiger partial charge in [0.15, 0.2) is 6.23 Å². The topological polar surface area (TPSA) is 92.9 Å². The number of carbonyl (C=O) groups is 1. The van der Waals surface area contributed by atoms with E-state index in [9.17, 15) is 20.0 Å². The molecule has 3 rings (SSSR count). The van der Waals surface area contributed by atoms with Crippen molar-refractivity contribution in [3.63, 3.8) is 0 Å². The van der Waals surface area contributed by atoms with Gasteiger partial charge in [-0.1, -0.05) is 12.1 Å². The first-order valence-electron chi connectivity index (χ1n) is 7.13. The summed E-state index contributed by atoms with van der Waals surface area (Å²) >= 11 is 0. The SMILES string of the molecule is COc1ccc(C(=O)N2C=Cc3c(cccc3[N+](=O)[O-])[C@@H]2O)cc1. The standard InChI is InChI=1S/C17H14N2O5/c1-24-12-7-5-11(6-8-12)16(20)18-10-9-13-14(17(18)21)3-2-4-15(13)19(22)23/h2-10,17,21H,1H3/t17-/m0/s1. The number of aliphatic hydroxyl groups excluding tert-OH is 1. The molecular weight excluding hydrogens is 312 g/mol. The third-order valence-electron chi connectivity index (χ3n) is 3.83. The van der Waals surface area contributed by atoms with Crippen molar-refractivity contribution < 1.29 is 19.6 Å². The van der Waals surface area contributed by atoms with E-state index in [2.05, 4.69) is 0 Å². The highest BCUT2D eigenvalue weighted by Crippen LogP contribution is 2.34. The minimum Gasteiger partial charge on any atom is -0.497 e. The van der Waals surface area contributed by atoms with E-state index in [0.717, 1.165) is 4.90 Å². The first-order chi connectivity index (χ1) is 11.5. The molecule has 24 heavy (non-hydrogen) atoms. The van der Waals surface area contributed by atoms with Gasteiger partial charge in [-0.25, -0.2) is 0 Å². The van der Waals surface area contributed by atoms with Gasteiger partial charge in [0.25, 0.3) is 11.6 Å². The Bertz CT molecular complexity index is 829. The number of hydrogen-bond acceptors (Lipinski definition) is 5. The third-order valence-corrected chi connectivity index (χ3v) is 3.83. The van der Waals surface area contributed by atoms with Gasteiger partial charge in [0.1, 0.15) is 5.75 Å². The summed E-state index contributed by atoms with van der Waals surface area (Å²) in [5.41, 5.74) is 0.870. The predicted octanol–water partition coefficient (Wildman–Crippen LogP) is 2.72. The molecule has 1 aliphatic heterocycles. The molecule has 0 aromatic heterocycles. The van der Waals surface area contributed by atoms with E-state index in [4.69, 9.17) is 4.74 Å². The van der Waals surface area contributed by atoms with Crippen molar-refractivity contribution >= 4 is 17.7 Å². The van der Waals surface area contributed by atoms with Gasteiger partial charge in [-0.2, -0.15) is 0 Å². The molecule has 122 valence electrons. The Balaban J connectivity index is 1.94. The lowest BCUT2D eigenvalue weighted by Gasteiger charge is -2.29. The molecule has 0 radical (unpaired) electrons. The molecule has 1 N–H and O–H groups in total. The number of rotatable bonds is 3. The maximum absolute atomic E-state index is 12.6. The van der Waals surface area contributed by atoms with E-state index in [1.54, 1.807) is 30.3 Å². The average Bonchev–Trinajstić information content (AvgIpc) is 2.61. The Morgan fingerprint density at radius 2 is 1.96 bits per heavy atom. The first kappa shape index (κ1) is 15.7. The molecule has 0 bridgehead atoms. The highest BCUT2D eigenvalue weighted by Gasteiger charge is 2.30. The van der Waals surface area contributed by atoms with Crippen LogP contribution in [0.4, 0.5) is 5.69 Å². The zero-order chi connectivity index (χ0) is 17.3. The predicted molar refractivity (Wildman–Crippen MR) is 86.3 cm³/mol. The van der Waals surface area contributed by atoms with Crippen LogP contribution in [0.2, 0.25) is 0 Å². The van der Waals surface area contributed by atoms with Crippen LogP contribution in [0.5, 0.6) is 5.75 Å². The van der Waals surface area contributed by atoms with Crippen LogP contribution < -0.4 is 4.74 Å². The average molecular weight is 326 g/mol. The minimum atomic E-state index is -1.29. The summed E-state index contributed by atoms with van der Waals surface area (Å²) in [5.74, 6) is 0.195. The Kier molecular flexibility index (Phi) is 4.01. The minimum absolute atomic E-state index is 0.112. The van der Waals surface area contributed by atoms with Crippen LogP contribution in [0.15, 0.2) is 48.7 Å². The van der Waals surface area contributed by atoms with Crippen molar-refractivity contribution in [2.24, 2.45) is 0 Å². The highest BCUT2D eigenvalue weighted by molar-refractivity contribution is 5.96. The molecule has 0 fully saturated rings. The molecule has 2 aromatic rings. The number of nitro groups is 1. The van der Waals surface area contributed by atoms with Gasteiger partial charge in [-0.3, -0.25) is 19.8 Å². The van der Waals surface area contributed by atoms with Crippen LogP contribution in [0.25, 0.3) is 6.08 Å². The van der Waals surface area contributed by atoms with E-state index in [0.29, 0.717) is 22.4 Å². The molecule has 1 heterocycles. The summed E-state index contributed by atoms with van der Waals surface area (Å²) < 4.78 is 5.05. The molecule has 0 unspecified atom stereocenters. The highest BCUT2D eigenvalue weighted by atomic mass is 16.6. The van der Waals surface area contributed by atoms with Crippen molar-refractivity contribution in [3.05, 3.63) is 75.5 Å². The first-order valence-corrected chi connectivity index (χ1v) is 7.13. The van der Waals surface area contributed by atoms with E-state index in [-0.39, 0.29) is 5.69 Å². The van der Waals surface area contributed by atoms with Gasteiger partial charge in [-0.05, 0) is 30.3 Å². The molecule has 7 heteroatoms. The number of ether oxygens (including phenoxy) is 1. The summed E-state index contributed by atoms with van der Waals surface area (Å²) in [7, 11) is 1.53. The molecular formula is C17H14N2O5. The van der Waals surface area contributed by atoms with Crippen molar-refractivity contribution in [3.8, 4) is 5.75 Å². The second kappa shape index (κ2) is 6.13. The van der Waals surface area contributed by atoms with Gasteiger partial charge in [0.05, 0.1) is 17.6 Å². The molecule has 1 atom stereocenters. The van der Waals surface area contributed by atoms with E-state index in [1.165, 1.54) is 31.5 Å². The van der Waals surface area contributed by atoms with Crippen LogP contribution in [0.3, 0.4) is 0 Å². The fraction of sp³-hybridized carbons (Fsp3) is 0.118. The lowest BCUT2D eigenvalue weighted by molar-refractivity contribution is -0.385. The quantitative estimate of drug-likeness (QED) is 0.691. The fourth-order valence-corrected chi connectivity index (χ4v) is 2.58. The lowest BCUT2D eigenvalue weighted by atomic mass is 10.00. The number of carbonyl (C=O) groups excluding carboxylic acids is 1. The van der Waals surface area contributed by atoms with Crippen molar-refractivity contribution in [1.82, 2.24) is 4.90 Å². The Labute approximate surface area is 137 Å². The molecule has 2 aromatic carbocycles. The van der Waals surface area contributed by atoms with Crippen molar-refractivity contribution in [2.75, 3.05) is 7.11 Å². The summed E-state index contributed by atoms with van der Waals surface area (Å²) in [5, 5.41) is 21.5. The van der Waals surface area contributed by atoms with Crippen LogP contribution in [-0.2, 0) is 0 Å². The van der Waals surface area contributed by atoms with Gasteiger partial charge < -0.3 is 9.84 Å². The molecule has 0 aliphatic carbocycles. The number of aliphatic hydroxyl groups is 1. The number of hydrogen-bond donors (Lipinski definition) is 1. The maximum atomic E-state index is 12.6. The molecule has 7 nitrogen and oxygen atoms in total. The number of fused-ring (bicyclic) bond motifs is 1. The number of nitrogens with zero attached hydrogens (tertiary/aromatic N) is 2.